The standard InChI is InChI=1S/C14H21N3O6S/c1-3-4-22-14(21)17-6-11(24-9(2)19)5-10(17)8-23-12(7-18)16-13(15)20/h3,7,10-12H,1,4-6,8H2,2H3,(H3,15,16,20)/t10-,11-,12?/m0/s1. The minimum atomic E-state index is -1.20. The first-order valence-electron chi connectivity index (χ1n) is 7.21. The van der Waals surface area contributed by atoms with E-state index in [9.17, 15) is 19.2 Å². The molecule has 1 aliphatic rings. The molecule has 9 nitrogen and oxygen atoms in total. The van der Waals surface area contributed by atoms with Crippen LogP contribution in [-0.2, 0) is 19.1 Å². The van der Waals surface area contributed by atoms with Crippen molar-refractivity contribution in [2.24, 2.45) is 5.73 Å². The number of amides is 3. The second-order valence-electron chi connectivity index (χ2n) is 5.04. The molecule has 134 valence electrons. The van der Waals surface area contributed by atoms with Crippen molar-refractivity contribution in [3.8, 4) is 0 Å². The van der Waals surface area contributed by atoms with Gasteiger partial charge < -0.3 is 25.4 Å². The van der Waals surface area contributed by atoms with E-state index in [-0.39, 0.29) is 23.6 Å². The average Bonchev–Trinajstić information content (AvgIpc) is 2.90. The fourth-order valence-electron chi connectivity index (χ4n) is 2.26. The average molecular weight is 359 g/mol. The topological polar surface area (TPSA) is 128 Å². The van der Waals surface area contributed by atoms with Crippen LogP contribution in [0.4, 0.5) is 9.59 Å². The van der Waals surface area contributed by atoms with Gasteiger partial charge in [0.05, 0.1) is 12.6 Å². The van der Waals surface area contributed by atoms with Crippen molar-refractivity contribution in [1.82, 2.24) is 10.2 Å². The Labute approximate surface area is 143 Å². The van der Waals surface area contributed by atoms with Gasteiger partial charge >= 0.3 is 12.1 Å². The Bertz CT molecular complexity index is 501. The lowest BCUT2D eigenvalue weighted by Crippen LogP contribution is -2.45. The highest BCUT2D eigenvalue weighted by Crippen LogP contribution is 2.29. The summed E-state index contributed by atoms with van der Waals surface area (Å²) >= 11 is 1.14. The number of primary amides is 1. The van der Waals surface area contributed by atoms with Crippen LogP contribution in [0.5, 0.6) is 0 Å². The molecule has 1 rings (SSSR count). The smallest absolute Gasteiger partial charge is 0.410 e. The predicted molar refractivity (Wildman–Crippen MR) is 87.2 cm³/mol. The summed E-state index contributed by atoms with van der Waals surface area (Å²) in [4.78, 5) is 46.4. The maximum atomic E-state index is 12.1. The molecule has 3 atom stereocenters. The van der Waals surface area contributed by atoms with Gasteiger partial charge in [0.2, 0.25) is 0 Å². The molecule has 0 radical (unpaired) electrons. The van der Waals surface area contributed by atoms with E-state index in [4.69, 9.17) is 15.2 Å². The van der Waals surface area contributed by atoms with Crippen LogP contribution in [0.3, 0.4) is 0 Å². The summed E-state index contributed by atoms with van der Waals surface area (Å²) in [6, 6.07) is -1.29. The molecule has 0 aromatic carbocycles. The van der Waals surface area contributed by atoms with Crippen molar-refractivity contribution in [3.05, 3.63) is 12.7 Å². The van der Waals surface area contributed by atoms with Crippen LogP contribution in [0.25, 0.3) is 0 Å². The molecular formula is C14H21N3O6S. The van der Waals surface area contributed by atoms with Crippen molar-refractivity contribution >= 4 is 35.3 Å². The van der Waals surface area contributed by atoms with Crippen molar-refractivity contribution in [3.63, 3.8) is 0 Å². The number of nitrogens with one attached hydrogen (secondary N) is 1. The SMILES string of the molecule is C=CCOC(=O)N1C[C@@H](SC(C)=O)C[C@H]1COC(C=O)NC(N)=O. The number of likely N-dealkylation sites (tertiary alicyclic amines) is 1. The number of ether oxygens (including phenoxy) is 2. The van der Waals surface area contributed by atoms with Crippen LogP contribution in [0, 0.1) is 0 Å². The van der Waals surface area contributed by atoms with Crippen molar-refractivity contribution in [2.75, 3.05) is 19.8 Å². The number of aldehydes is 1. The number of nitrogens with zero attached hydrogens (tertiary/aromatic N) is 1. The van der Waals surface area contributed by atoms with Crippen LogP contribution in [0.2, 0.25) is 0 Å². The van der Waals surface area contributed by atoms with Gasteiger partial charge in [0.25, 0.3) is 0 Å². The first-order chi connectivity index (χ1) is 11.4. The molecule has 0 spiro atoms. The lowest BCUT2D eigenvalue weighted by Gasteiger charge is -2.24. The second kappa shape index (κ2) is 9.93. The first-order valence-corrected chi connectivity index (χ1v) is 8.09. The zero-order valence-electron chi connectivity index (χ0n) is 13.3. The maximum Gasteiger partial charge on any atom is 0.410 e. The zero-order chi connectivity index (χ0) is 18.1. The Morgan fingerprint density at radius 1 is 1.50 bits per heavy atom. The Morgan fingerprint density at radius 2 is 2.21 bits per heavy atom. The number of carbonyl (C=O) groups excluding carboxylic acids is 4. The Kier molecular flexibility index (Phi) is 8.27. The van der Waals surface area contributed by atoms with Gasteiger partial charge in [-0.05, 0) is 6.42 Å². The zero-order valence-corrected chi connectivity index (χ0v) is 14.1. The molecule has 0 aromatic rings. The molecule has 0 saturated carbocycles. The van der Waals surface area contributed by atoms with Crippen LogP contribution in [-0.4, -0.2) is 65.7 Å². The highest BCUT2D eigenvalue weighted by Gasteiger charge is 2.37. The second-order valence-corrected chi connectivity index (χ2v) is 6.51. The summed E-state index contributed by atoms with van der Waals surface area (Å²) in [6.07, 6.45) is 0.575. The lowest BCUT2D eigenvalue weighted by molar-refractivity contribution is -0.120. The Hall–Kier alpha value is -2.07. The third kappa shape index (κ3) is 6.59. The molecule has 1 aliphatic heterocycles. The summed E-state index contributed by atoms with van der Waals surface area (Å²) in [5.74, 6) is 0. The molecule has 0 aliphatic carbocycles. The van der Waals surface area contributed by atoms with E-state index >= 15 is 0 Å². The third-order valence-corrected chi connectivity index (χ3v) is 4.15. The number of carbonyl (C=O) groups is 4. The van der Waals surface area contributed by atoms with Crippen molar-refractivity contribution in [1.29, 1.82) is 0 Å². The molecule has 24 heavy (non-hydrogen) atoms. The molecule has 10 heteroatoms. The summed E-state index contributed by atoms with van der Waals surface area (Å²) in [7, 11) is 0. The van der Waals surface area contributed by atoms with Gasteiger partial charge in [-0.1, -0.05) is 24.4 Å². The molecule has 1 unspecified atom stereocenters. The Morgan fingerprint density at radius 3 is 2.75 bits per heavy atom. The van der Waals surface area contributed by atoms with Crippen LogP contribution < -0.4 is 11.1 Å². The summed E-state index contributed by atoms with van der Waals surface area (Å²) < 4.78 is 10.3. The van der Waals surface area contributed by atoms with Crippen molar-refractivity contribution in [2.45, 2.75) is 30.9 Å². The fraction of sp³-hybridized carbons (Fsp3) is 0.571. The van der Waals surface area contributed by atoms with Crippen LogP contribution >= 0.6 is 11.8 Å². The molecule has 1 fully saturated rings. The summed E-state index contributed by atoms with van der Waals surface area (Å²) in [6.45, 7) is 5.30. The highest BCUT2D eigenvalue weighted by molar-refractivity contribution is 8.14. The lowest BCUT2D eigenvalue weighted by atomic mass is 10.2. The minimum Gasteiger partial charge on any atom is -0.445 e. The van der Waals surface area contributed by atoms with Gasteiger partial charge in [-0.3, -0.25) is 9.59 Å². The van der Waals surface area contributed by atoms with E-state index < -0.39 is 24.4 Å². The van der Waals surface area contributed by atoms with E-state index in [0.717, 1.165) is 11.8 Å². The van der Waals surface area contributed by atoms with Gasteiger partial charge in [-0.25, -0.2) is 9.59 Å². The van der Waals surface area contributed by atoms with Gasteiger partial charge in [-0.15, -0.1) is 0 Å². The van der Waals surface area contributed by atoms with E-state index in [1.54, 1.807) is 0 Å². The summed E-state index contributed by atoms with van der Waals surface area (Å²) in [5.41, 5.74) is 4.94. The molecule has 3 N–H and O–H groups in total. The number of rotatable bonds is 8. The number of hydrogen-bond donors (Lipinski definition) is 2. The number of nitrogens with two attached hydrogens (primary N) is 1. The van der Waals surface area contributed by atoms with Crippen LogP contribution in [0.15, 0.2) is 12.7 Å². The first kappa shape index (κ1) is 20.0. The predicted octanol–water partition coefficient (Wildman–Crippen LogP) is 0.242. The van der Waals surface area contributed by atoms with Gasteiger partial charge in [-0.2, -0.15) is 0 Å². The van der Waals surface area contributed by atoms with E-state index in [0.29, 0.717) is 19.3 Å². The minimum absolute atomic E-state index is 0.0121. The van der Waals surface area contributed by atoms with Gasteiger partial charge in [0.15, 0.2) is 17.6 Å². The highest BCUT2D eigenvalue weighted by atomic mass is 32.2. The molecular weight excluding hydrogens is 338 g/mol. The summed E-state index contributed by atoms with van der Waals surface area (Å²) in [5, 5.41) is 1.97. The molecule has 1 heterocycles. The molecule has 0 bridgehead atoms. The molecule has 0 aromatic heterocycles. The van der Waals surface area contributed by atoms with E-state index in [2.05, 4.69) is 11.9 Å². The molecule has 1 saturated heterocycles. The van der Waals surface area contributed by atoms with Gasteiger partial charge in [0, 0.05) is 18.7 Å². The monoisotopic (exact) mass is 359 g/mol. The Balaban J connectivity index is 2.68. The molecule has 3 amide bonds. The maximum absolute atomic E-state index is 12.1. The third-order valence-electron chi connectivity index (χ3n) is 3.14. The van der Waals surface area contributed by atoms with Crippen LogP contribution in [0.1, 0.15) is 13.3 Å². The normalized spacial score (nSPS) is 21.0. The fourth-order valence-corrected chi connectivity index (χ4v) is 3.28. The number of urea groups is 1. The van der Waals surface area contributed by atoms with E-state index in [1.807, 2.05) is 0 Å². The quantitative estimate of drug-likeness (QED) is 0.361. The van der Waals surface area contributed by atoms with Gasteiger partial charge in [0.1, 0.15) is 6.61 Å². The van der Waals surface area contributed by atoms with Crippen molar-refractivity contribution < 1.29 is 28.7 Å². The van der Waals surface area contributed by atoms with E-state index in [1.165, 1.54) is 17.9 Å². The number of thioether (sulfide) groups is 1. The number of hydrogen-bond acceptors (Lipinski definition) is 7. The largest absolute Gasteiger partial charge is 0.445 e.